The summed E-state index contributed by atoms with van der Waals surface area (Å²) in [6, 6.07) is 11.2. The molecular formula is C23H26N4O5. The standard InChI is InChI=1S/C23H26N4O5/c1-4-31-21-13-18(8-9-20(21)24-3)27-22(28)26-17-7-5-6-16(12-17)15(2)25-23(29)32-19-10-11-30-14-19/h5-9,12-13,15,19H,4,10-11,14H2,1-2H3,(H,25,29)(H2,26,27,28). The van der Waals surface area contributed by atoms with E-state index in [0.717, 1.165) is 5.56 Å². The minimum Gasteiger partial charge on any atom is -0.505 e. The zero-order valence-electron chi connectivity index (χ0n) is 18.0. The predicted octanol–water partition coefficient (Wildman–Crippen LogP) is 4.86. The molecular weight excluding hydrogens is 412 g/mol. The minimum absolute atomic E-state index is 0.217. The summed E-state index contributed by atoms with van der Waals surface area (Å²) >= 11 is 0. The Bertz CT molecular complexity index is 998. The zero-order chi connectivity index (χ0) is 22.9. The van der Waals surface area contributed by atoms with Crippen molar-refractivity contribution in [3.05, 3.63) is 59.4 Å². The van der Waals surface area contributed by atoms with Gasteiger partial charge >= 0.3 is 12.1 Å². The van der Waals surface area contributed by atoms with Gasteiger partial charge in [0.05, 0.1) is 32.4 Å². The summed E-state index contributed by atoms with van der Waals surface area (Å²) in [5, 5.41) is 8.28. The maximum absolute atomic E-state index is 12.4. The van der Waals surface area contributed by atoms with Crippen LogP contribution in [0.4, 0.5) is 26.7 Å². The van der Waals surface area contributed by atoms with Crippen molar-refractivity contribution in [1.82, 2.24) is 5.32 Å². The SMILES string of the molecule is [C-]#[N+]c1ccc(NC(=O)Nc2cccc(C(C)NC(=O)OC3CCOC3)c2)cc1OCC. The fraction of sp³-hybridized carbons (Fsp3) is 0.348. The van der Waals surface area contributed by atoms with Crippen molar-refractivity contribution in [2.75, 3.05) is 30.5 Å². The first-order valence-corrected chi connectivity index (χ1v) is 10.4. The van der Waals surface area contributed by atoms with Crippen LogP contribution in [0.25, 0.3) is 4.85 Å². The van der Waals surface area contributed by atoms with Crippen LogP contribution in [0.15, 0.2) is 42.5 Å². The van der Waals surface area contributed by atoms with Gasteiger partial charge in [0.15, 0.2) is 0 Å². The Balaban J connectivity index is 1.58. The van der Waals surface area contributed by atoms with Gasteiger partial charge in [-0.2, -0.15) is 0 Å². The molecule has 2 aromatic carbocycles. The molecule has 3 rings (SSSR count). The minimum atomic E-state index is -0.503. The maximum Gasteiger partial charge on any atom is 0.407 e. The van der Waals surface area contributed by atoms with E-state index >= 15 is 0 Å². The molecule has 2 aromatic rings. The van der Waals surface area contributed by atoms with Crippen LogP contribution >= 0.6 is 0 Å². The van der Waals surface area contributed by atoms with Crippen LogP contribution in [0.2, 0.25) is 0 Å². The summed E-state index contributed by atoms with van der Waals surface area (Å²) in [6.45, 7) is 12.3. The van der Waals surface area contributed by atoms with Crippen molar-refractivity contribution in [3.8, 4) is 5.75 Å². The van der Waals surface area contributed by atoms with Gasteiger partial charge in [-0.15, -0.1) is 0 Å². The molecule has 0 spiro atoms. The number of carbonyl (C=O) groups excluding carboxylic acids is 2. The largest absolute Gasteiger partial charge is 0.505 e. The van der Waals surface area contributed by atoms with Crippen LogP contribution in [-0.2, 0) is 9.47 Å². The number of nitrogens with zero attached hydrogens (tertiary/aromatic N) is 1. The number of rotatable bonds is 7. The first-order valence-electron chi connectivity index (χ1n) is 10.4. The van der Waals surface area contributed by atoms with Crippen molar-refractivity contribution >= 4 is 29.2 Å². The number of nitrogens with one attached hydrogen (secondary N) is 3. The molecule has 2 unspecified atom stereocenters. The third kappa shape index (κ3) is 6.36. The Labute approximate surface area is 186 Å². The Morgan fingerprint density at radius 3 is 2.69 bits per heavy atom. The Hall–Kier alpha value is -3.77. The molecule has 9 nitrogen and oxygen atoms in total. The quantitative estimate of drug-likeness (QED) is 0.536. The number of hydrogen-bond donors (Lipinski definition) is 3. The summed E-state index contributed by atoms with van der Waals surface area (Å²) in [5.41, 5.74) is 2.26. The van der Waals surface area contributed by atoms with Gasteiger partial charge in [0, 0.05) is 17.8 Å². The van der Waals surface area contributed by atoms with E-state index in [4.69, 9.17) is 20.8 Å². The van der Waals surface area contributed by atoms with Crippen molar-refractivity contribution in [1.29, 1.82) is 0 Å². The zero-order valence-corrected chi connectivity index (χ0v) is 18.0. The molecule has 3 amide bonds. The van der Waals surface area contributed by atoms with Crippen LogP contribution < -0.4 is 20.7 Å². The second-order valence-electron chi connectivity index (χ2n) is 7.19. The highest BCUT2D eigenvalue weighted by Gasteiger charge is 2.21. The van der Waals surface area contributed by atoms with E-state index in [-0.39, 0.29) is 12.1 Å². The second kappa shape index (κ2) is 11.0. The van der Waals surface area contributed by atoms with Crippen LogP contribution in [0.3, 0.4) is 0 Å². The number of carbonyl (C=O) groups is 2. The number of hydrogen-bond acceptors (Lipinski definition) is 5. The third-order valence-corrected chi connectivity index (χ3v) is 4.78. The summed E-state index contributed by atoms with van der Waals surface area (Å²) in [4.78, 5) is 27.9. The normalized spacial score (nSPS) is 15.8. The molecule has 0 saturated carbocycles. The highest BCUT2D eigenvalue weighted by molar-refractivity contribution is 6.00. The fourth-order valence-electron chi connectivity index (χ4n) is 3.19. The average molecular weight is 438 g/mol. The molecule has 1 aliphatic heterocycles. The smallest absolute Gasteiger partial charge is 0.407 e. The predicted molar refractivity (Wildman–Crippen MR) is 120 cm³/mol. The Kier molecular flexibility index (Phi) is 7.89. The summed E-state index contributed by atoms with van der Waals surface area (Å²) < 4.78 is 16.0. The van der Waals surface area contributed by atoms with Gasteiger partial charge < -0.3 is 30.2 Å². The van der Waals surface area contributed by atoms with Gasteiger partial charge in [0.2, 0.25) is 5.69 Å². The molecule has 0 aromatic heterocycles. The van der Waals surface area contributed by atoms with Gasteiger partial charge in [0.25, 0.3) is 0 Å². The first kappa shape index (κ1) is 22.9. The lowest BCUT2D eigenvalue weighted by molar-refractivity contribution is 0.0812. The van der Waals surface area contributed by atoms with Gasteiger partial charge in [-0.25, -0.2) is 14.4 Å². The molecule has 9 heteroatoms. The molecule has 1 aliphatic rings. The van der Waals surface area contributed by atoms with Crippen molar-refractivity contribution in [2.45, 2.75) is 32.4 Å². The van der Waals surface area contributed by atoms with Gasteiger partial charge in [-0.3, -0.25) is 0 Å². The molecule has 0 aliphatic carbocycles. The van der Waals surface area contributed by atoms with E-state index in [2.05, 4.69) is 20.8 Å². The topological polar surface area (TPSA) is 102 Å². The number of benzene rings is 2. The highest BCUT2D eigenvalue weighted by atomic mass is 16.6. The van der Waals surface area contributed by atoms with E-state index in [1.165, 1.54) is 0 Å². The van der Waals surface area contributed by atoms with Crippen LogP contribution in [-0.4, -0.2) is 38.0 Å². The van der Waals surface area contributed by atoms with E-state index in [0.29, 0.717) is 49.1 Å². The van der Waals surface area contributed by atoms with E-state index < -0.39 is 12.1 Å². The lowest BCUT2D eigenvalue weighted by Crippen LogP contribution is -2.31. The van der Waals surface area contributed by atoms with E-state index in [9.17, 15) is 9.59 Å². The van der Waals surface area contributed by atoms with E-state index in [1.54, 1.807) is 36.4 Å². The lowest BCUT2D eigenvalue weighted by Gasteiger charge is -2.17. The molecule has 168 valence electrons. The average Bonchev–Trinajstić information content (AvgIpc) is 3.27. The summed E-state index contributed by atoms with van der Waals surface area (Å²) in [5.74, 6) is 0.415. The first-order chi connectivity index (χ1) is 15.5. The molecule has 3 N–H and O–H groups in total. The van der Waals surface area contributed by atoms with Gasteiger partial charge in [0.1, 0.15) is 11.9 Å². The monoisotopic (exact) mass is 438 g/mol. The Morgan fingerprint density at radius 2 is 2.00 bits per heavy atom. The van der Waals surface area contributed by atoms with Crippen LogP contribution in [0, 0.1) is 6.57 Å². The van der Waals surface area contributed by atoms with E-state index in [1.807, 2.05) is 19.9 Å². The number of ether oxygens (including phenoxy) is 3. The maximum atomic E-state index is 12.4. The number of anilines is 2. The molecule has 0 radical (unpaired) electrons. The molecule has 1 heterocycles. The van der Waals surface area contributed by atoms with Crippen molar-refractivity contribution < 1.29 is 23.8 Å². The summed E-state index contributed by atoms with van der Waals surface area (Å²) in [6.07, 6.45) is -0.0220. The molecule has 2 atom stereocenters. The molecule has 32 heavy (non-hydrogen) atoms. The Morgan fingerprint density at radius 1 is 1.22 bits per heavy atom. The second-order valence-corrected chi connectivity index (χ2v) is 7.19. The third-order valence-electron chi connectivity index (χ3n) is 4.78. The fourth-order valence-corrected chi connectivity index (χ4v) is 3.19. The van der Waals surface area contributed by atoms with Crippen molar-refractivity contribution in [3.63, 3.8) is 0 Å². The molecule has 1 fully saturated rings. The van der Waals surface area contributed by atoms with Crippen LogP contribution in [0.1, 0.15) is 31.9 Å². The number of amides is 3. The van der Waals surface area contributed by atoms with Gasteiger partial charge in [-0.1, -0.05) is 18.2 Å². The molecule has 0 bridgehead atoms. The molecule has 1 saturated heterocycles. The van der Waals surface area contributed by atoms with Gasteiger partial charge in [-0.05, 0) is 43.7 Å². The highest BCUT2D eigenvalue weighted by Crippen LogP contribution is 2.31. The lowest BCUT2D eigenvalue weighted by atomic mass is 10.1. The van der Waals surface area contributed by atoms with Crippen LogP contribution in [0.5, 0.6) is 5.75 Å². The van der Waals surface area contributed by atoms with Crippen molar-refractivity contribution in [2.24, 2.45) is 0 Å². The number of alkyl carbamates (subject to hydrolysis) is 1. The number of urea groups is 1. The summed E-state index contributed by atoms with van der Waals surface area (Å²) in [7, 11) is 0.